The Labute approximate surface area is 146 Å². The first kappa shape index (κ1) is 20.7. The fourth-order valence-electron chi connectivity index (χ4n) is 4.45. The molecule has 2 atom stereocenters. The van der Waals surface area contributed by atoms with Gasteiger partial charge >= 0.3 is 0 Å². The van der Waals surface area contributed by atoms with Gasteiger partial charge in [-0.3, -0.25) is 4.90 Å². The van der Waals surface area contributed by atoms with Gasteiger partial charge in [-0.25, -0.2) is 0 Å². The van der Waals surface area contributed by atoms with Crippen LogP contribution in [-0.2, 0) is 0 Å². The lowest BCUT2D eigenvalue weighted by Gasteiger charge is -2.31. The van der Waals surface area contributed by atoms with Crippen molar-refractivity contribution in [1.82, 2.24) is 4.90 Å². The van der Waals surface area contributed by atoms with Gasteiger partial charge in [-0.15, -0.1) is 0 Å². The minimum absolute atomic E-state index is 0.595. The Morgan fingerprint density at radius 2 is 1.48 bits per heavy atom. The highest BCUT2D eigenvalue weighted by atomic mass is 15.2. The monoisotopic (exact) mass is 321 g/mol. The SMILES string of the molecule is CCCCC/C=C/CCCCC[C@@H]1C[C@]1(CCC)N(CC)CC. The van der Waals surface area contributed by atoms with E-state index in [1.807, 2.05) is 0 Å². The van der Waals surface area contributed by atoms with Crippen molar-refractivity contribution in [2.75, 3.05) is 13.1 Å². The minimum atomic E-state index is 0.595. The lowest BCUT2D eigenvalue weighted by atomic mass is 10.0. The number of rotatable bonds is 15. The Bertz CT molecular complexity index is 305. The topological polar surface area (TPSA) is 3.24 Å². The van der Waals surface area contributed by atoms with Crippen molar-refractivity contribution in [2.24, 2.45) is 5.92 Å². The fourth-order valence-corrected chi connectivity index (χ4v) is 4.45. The maximum atomic E-state index is 2.75. The summed E-state index contributed by atoms with van der Waals surface area (Å²) in [7, 11) is 0. The van der Waals surface area contributed by atoms with Crippen molar-refractivity contribution in [3.8, 4) is 0 Å². The molecule has 0 aromatic carbocycles. The van der Waals surface area contributed by atoms with Gasteiger partial charge in [0, 0.05) is 5.54 Å². The maximum Gasteiger partial charge on any atom is 0.0241 e. The van der Waals surface area contributed by atoms with E-state index in [0.29, 0.717) is 5.54 Å². The summed E-state index contributed by atoms with van der Waals surface area (Å²) in [5.41, 5.74) is 0.595. The third-order valence-electron chi connectivity index (χ3n) is 5.84. The zero-order valence-corrected chi connectivity index (χ0v) is 16.6. The van der Waals surface area contributed by atoms with E-state index in [1.54, 1.807) is 0 Å². The van der Waals surface area contributed by atoms with E-state index in [1.165, 1.54) is 90.1 Å². The van der Waals surface area contributed by atoms with E-state index in [2.05, 4.69) is 44.7 Å². The molecular weight excluding hydrogens is 278 g/mol. The largest absolute Gasteiger partial charge is 0.298 e. The van der Waals surface area contributed by atoms with Crippen molar-refractivity contribution >= 4 is 0 Å². The lowest BCUT2D eigenvalue weighted by Crippen LogP contribution is -2.38. The molecule has 0 radical (unpaired) electrons. The molecule has 0 aromatic heterocycles. The average Bonchev–Trinajstić information content (AvgIpc) is 3.24. The number of nitrogens with zero attached hydrogens (tertiary/aromatic N) is 1. The summed E-state index contributed by atoms with van der Waals surface area (Å²) in [6, 6.07) is 0. The van der Waals surface area contributed by atoms with Crippen molar-refractivity contribution in [1.29, 1.82) is 0 Å². The third kappa shape index (κ3) is 6.99. The number of hydrogen-bond donors (Lipinski definition) is 0. The normalized spacial score (nSPS) is 24.0. The van der Waals surface area contributed by atoms with E-state index < -0.39 is 0 Å². The molecule has 0 aromatic rings. The summed E-state index contributed by atoms with van der Waals surface area (Å²) in [6.45, 7) is 11.8. The van der Waals surface area contributed by atoms with Crippen molar-refractivity contribution < 1.29 is 0 Å². The van der Waals surface area contributed by atoms with Gasteiger partial charge in [-0.2, -0.15) is 0 Å². The maximum absolute atomic E-state index is 2.75. The van der Waals surface area contributed by atoms with Crippen molar-refractivity contribution in [3.63, 3.8) is 0 Å². The molecule has 0 unspecified atom stereocenters. The summed E-state index contributed by atoms with van der Waals surface area (Å²) >= 11 is 0. The van der Waals surface area contributed by atoms with Gasteiger partial charge < -0.3 is 0 Å². The second-order valence-corrected chi connectivity index (χ2v) is 7.53. The number of hydrogen-bond acceptors (Lipinski definition) is 1. The van der Waals surface area contributed by atoms with Crippen LogP contribution in [0.5, 0.6) is 0 Å². The molecule has 0 bridgehead atoms. The van der Waals surface area contributed by atoms with Crippen LogP contribution in [0.15, 0.2) is 12.2 Å². The molecule has 1 nitrogen and oxygen atoms in total. The highest BCUT2D eigenvalue weighted by Crippen LogP contribution is 2.54. The van der Waals surface area contributed by atoms with Crippen LogP contribution in [-0.4, -0.2) is 23.5 Å². The fraction of sp³-hybridized carbons (Fsp3) is 0.909. The molecule has 136 valence electrons. The summed E-state index contributed by atoms with van der Waals surface area (Å²) in [4.78, 5) is 2.75. The Morgan fingerprint density at radius 3 is 2.04 bits per heavy atom. The van der Waals surface area contributed by atoms with E-state index in [4.69, 9.17) is 0 Å². The summed E-state index contributed by atoms with van der Waals surface area (Å²) in [5.74, 6) is 0.993. The predicted molar refractivity (Wildman–Crippen MR) is 105 cm³/mol. The van der Waals surface area contributed by atoms with Crippen LogP contribution < -0.4 is 0 Å². The Kier molecular flexibility index (Phi) is 10.9. The van der Waals surface area contributed by atoms with Crippen LogP contribution in [0.2, 0.25) is 0 Å². The Hall–Kier alpha value is -0.300. The Balaban J connectivity index is 2.10. The van der Waals surface area contributed by atoms with E-state index in [-0.39, 0.29) is 0 Å². The van der Waals surface area contributed by atoms with Crippen LogP contribution in [0.4, 0.5) is 0 Å². The van der Waals surface area contributed by atoms with Crippen LogP contribution in [0, 0.1) is 5.92 Å². The molecule has 0 N–H and O–H groups in total. The predicted octanol–water partition coefficient (Wildman–Crippen LogP) is 6.97. The van der Waals surface area contributed by atoms with Crippen LogP contribution in [0.25, 0.3) is 0 Å². The van der Waals surface area contributed by atoms with Gasteiger partial charge in [-0.1, -0.05) is 72.0 Å². The zero-order chi connectivity index (χ0) is 17.0. The van der Waals surface area contributed by atoms with Gasteiger partial charge in [-0.05, 0) is 64.0 Å². The molecule has 0 saturated heterocycles. The zero-order valence-electron chi connectivity index (χ0n) is 16.6. The van der Waals surface area contributed by atoms with Crippen molar-refractivity contribution in [2.45, 2.75) is 110 Å². The molecule has 1 heteroatoms. The highest BCUT2D eigenvalue weighted by molar-refractivity contribution is 5.10. The van der Waals surface area contributed by atoms with E-state index in [0.717, 1.165) is 5.92 Å². The smallest absolute Gasteiger partial charge is 0.0241 e. The van der Waals surface area contributed by atoms with E-state index in [9.17, 15) is 0 Å². The Morgan fingerprint density at radius 1 is 0.826 bits per heavy atom. The molecule has 1 rings (SSSR count). The lowest BCUT2D eigenvalue weighted by molar-refractivity contribution is 0.165. The molecule has 23 heavy (non-hydrogen) atoms. The molecule has 0 amide bonds. The molecule has 1 aliphatic rings. The third-order valence-corrected chi connectivity index (χ3v) is 5.84. The summed E-state index contributed by atoms with van der Waals surface area (Å²) < 4.78 is 0. The van der Waals surface area contributed by atoms with Crippen LogP contribution >= 0.6 is 0 Å². The van der Waals surface area contributed by atoms with Crippen LogP contribution in [0.3, 0.4) is 0 Å². The molecule has 0 spiro atoms. The average molecular weight is 322 g/mol. The first-order chi connectivity index (χ1) is 11.2. The molecule has 1 fully saturated rings. The highest BCUT2D eigenvalue weighted by Gasteiger charge is 2.55. The molecule has 1 aliphatic carbocycles. The first-order valence-electron chi connectivity index (χ1n) is 10.6. The first-order valence-corrected chi connectivity index (χ1v) is 10.6. The van der Waals surface area contributed by atoms with Gasteiger partial charge in [0.2, 0.25) is 0 Å². The summed E-state index contributed by atoms with van der Waals surface area (Å²) in [6.07, 6.45) is 21.5. The molecule has 0 aliphatic heterocycles. The van der Waals surface area contributed by atoms with Gasteiger partial charge in [0.05, 0.1) is 0 Å². The molecule has 1 saturated carbocycles. The summed E-state index contributed by atoms with van der Waals surface area (Å²) in [5, 5.41) is 0. The second-order valence-electron chi connectivity index (χ2n) is 7.53. The van der Waals surface area contributed by atoms with Crippen LogP contribution in [0.1, 0.15) is 105 Å². The standard InChI is InChI=1S/C22H43N/c1-5-9-10-11-12-13-14-15-16-17-18-21-20-22(21,19-6-2)23(7-3)8-4/h12-13,21H,5-11,14-20H2,1-4H3/b13-12+/t21-,22+/m1/s1. The number of unbranched alkanes of at least 4 members (excludes halogenated alkanes) is 6. The number of allylic oxidation sites excluding steroid dienone is 2. The second kappa shape index (κ2) is 12.1. The molecule has 0 heterocycles. The van der Waals surface area contributed by atoms with Gasteiger partial charge in [0.15, 0.2) is 0 Å². The quantitative estimate of drug-likeness (QED) is 0.232. The van der Waals surface area contributed by atoms with Crippen molar-refractivity contribution in [3.05, 3.63) is 12.2 Å². The van der Waals surface area contributed by atoms with Gasteiger partial charge in [0.1, 0.15) is 0 Å². The van der Waals surface area contributed by atoms with Gasteiger partial charge in [0.25, 0.3) is 0 Å². The van der Waals surface area contributed by atoms with E-state index >= 15 is 0 Å². The molecular formula is C22H43N. The minimum Gasteiger partial charge on any atom is -0.298 e.